The van der Waals surface area contributed by atoms with Crippen molar-refractivity contribution in [1.82, 2.24) is 0 Å². The molecule has 1 aliphatic carbocycles. The molecule has 3 heteroatoms. The molecule has 96 valence electrons. The van der Waals surface area contributed by atoms with E-state index in [4.69, 9.17) is 10.5 Å². The Labute approximate surface area is 112 Å². The van der Waals surface area contributed by atoms with Gasteiger partial charge in [-0.05, 0) is 36.1 Å². The van der Waals surface area contributed by atoms with Gasteiger partial charge in [-0.3, -0.25) is 0 Å². The third kappa shape index (κ3) is 2.51. The lowest BCUT2D eigenvalue weighted by Gasteiger charge is -2.09. The molecular weight excluding hydrogens is 238 g/mol. The van der Waals surface area contributed by atoms with E-state index in [2.05, 4.69) is 0 Å². The number of nitrogens with two attached hydrogens (primary N) is 1. The van der Waals surface area contributed by atoms with Crippen LogP contribution < -0.4 is 10.5 Å². The van der Waals surface area contributed by atoms with Crippen LogP contribution in [0.5, 0.6) is 5.75 Å². The number of esters is 1. The number of hydrogen-bond acceptors (Lipinski definition) is 3. The van der Waals surface area contributed by atoms with Crippen molar-refractivity contribution in [2.75, 3.05) is 0 Å². The molecule has 2 aromatic rings. The summed E-state index contributed by atoms with van der Waals surface area (Å²) in [5.41, 5.74) is 7.28. The lowest BCUT2D eigenvalue weighted by Crippen LogP contribution is -2.36. The SMILES string of the molecule is NC1(C(=O)Oc2ccc(-c3ccccc3)cc2)CC1. The molecule has 0 heterocycles. The quantitative estimate of drug-likeness (QED) is 0.676. The van der Waals surface area contributed by atoms with Gasteiger partial charge in [0.05, 0.1) is 0 Å². The average molecular weight is 253 g/mol. The van der Waals surface area contributed by atoms with Crippen molar-refractivity contribution in [3.63, 3.8) is 0 Å². The highest BCUT2D eigenvalue weighted by molar-refractivity contribution is 5.85. The Hall–Kier alpha value is -2.13. The maximum Gasteiger partial charge on any atom is 0.331 e. The predicted octanol–water partition coefficient (Wildman–Crippen LogP) is 2.75. The van der Waals surface area contributed by atoms with Crippen LogP contribution in [0.15, 0.2) is 54.6 Å². The van der Waals surface area contributed by atoms with Crippen LogP contribution in [0.2, 0.25) is 0 Å². The highest BCUT2D eigenvalue weighted by Crippen LogP contribution is 2.34. The van der Waals surface area contributed by atoms with Gasteiger partial charge in [0.1, 0.15) is 11.3 Å². The van der Waals surface area contributed by atoms with Crippen LogP contribution in [0.4, 0.5) is 0 Å². The number of hydrogen-bond donors (Lipinski definition) is 1. The van der Waals surface area contributed by atoms with Crippen molar-refractivity contribution in [3.8, 4) is 16.9 Å². The Balaban J connectivity index is 1.74. The van der Waals surface area contributed by atoms with Gasteiger partial charge in [0.15, 0.2) is 0 Å². The normalized spacial score (nSPS) is 15.8. The number of rotatable bonds is 3. The first-order valence-corrected chi connectivity index (χ1v) is 6.34. The van der Waals surface area contributed by atoms with E-state index in [1.165, 1.54) is 0 Å². The van der Waals surface area contributed by atoms with Crippen molar-refractivity contribution in [2.24, 2.45) is 5.73 Å². The average Bonchev–Trinajstić information content (AvgIpc) is 3.20. The van der Waals surface area contributed by atoms with Crippen molar-refractivity contribution in [1.29, 1.82) is 0 Å². The second-order valence-electron chi connectivity index (χ2n) is 4.94. The summed E-state index contributed by atoms with van der Waals surface area (Å²) >= 11 is 0. The van der Waals surface area contributed by atoms with Crippen molar-refractivity contribution in [2.45, 2.75) is 18.4 Å². The number of ether oxygens (including phenoxy) is 1. The molecule has 0 spiro atoms. The van der Waals surface area contributed by atoms with Gasteiger partial charge >= 0.3 is 5.97 Å². The monoisotopic (exact) mass is 253 g/mol. The van der Waals surface area contributed by atoms with Gasteiger partial charge in [-0.15, -0.1) is 0 Å². The predicted molar refractivity (Wildman–Crippen MR) is 73.7 cm³/mol. The molecule has 2 N–H and O–H groups in total. The fraction of sp³-hybridized carbons (Fsp3) is 0.188. The van der Waals surface area contributed by atoms with Gasteiger partial charge < -0.3 is 10.5 Å². The van der Waals surface area contributed by atoms with Gasteiger partial charge in [-0.2, -0.15) is 0 Å². The van der Waals surface area contributed by atoms with Crippen molar-refractivity contribution < 1.29 is 9.53 Å². The van der Waals surface area contributed by atoms with E-state index in [9.17, 15) is 4.79 Å². The lowest BCUT2D eigenvalue weighted by atomic mass is 10.1. The van der Waals surface area contributed by atoms with Crippen LogP contribution in [0.3, 0.4) is 0 Å². The van der Waals surface area contributed by atoms with E-state index in [0.717, 1.165) is 11.1 Å². The molecule has 3 rings (SSSR count). The zero-order chi connectivity index (χ0) is 13.3. The summed E-state index contributed by atoms with van der Waals surface area (Å²) in [7, 11) is 0. The number of benzene rings is 2. The summed E-state index contributed by atoms with van der Waals surface area (Å²) < 4.78 is 5.27. The van der Waals surface area contributed by atoms with Gasteiger partial charge in [0.2, 0.25) is 0 Å². The summed E-state index contributed by atoms with van der Waals surface area (Å²) in [6, 6.07) is 17.5. The number of carbonyl (C=O) groups is 1. The Bertz CT molecular complexity index is 586. The van der Waals surface area contributed by atoms with E-state index in [-0.39, 0.29) is 5.97 Å². The first kappa shape index (κ1) is 11.9. The zero-order valence-corrected chi connectivity index (χ0v) is 10.5. The molecule has 19 heavy (non-hydrogen) atoms. The number of carbonyl (C=O) groups excluding carboxylic acids is 1. The summed E-state index contributed by atoms with van der Waals surface area (Å²) in [4.78, 5) is 11.7. The van der Waals surface area contributed by atoms with Crippen molar-refractivity contribution >= 4 is 5.97 Å². The van der Waals surface area contributed by atoms with E-state index in [0.29, 0.717) is 18.6 Å². The second kappa shape index (κ2) is 4.52. The Morgan fingerprint density at radius 3 is 2.11 bits per heavy atom. The maximum atomic E-state index is 11.7. The Kier molecular flexibility index (Phi) is 2.84. The van der Waals surface area contributed by atoms with Gasteiger partial charge in [-0.1, -0.05) is 42.5 Å². The van der Waals surface area contributed by atoms with Gasteiger partial charge in [-0.25, -0.2) is 4.79 Å². The second-order valence-corrected chi connectivity index (χ2v) is 4.94. The molecule has 0 unspecified atom stereocenters. The summed E-state index contributed by atoms with van der Waals surface area (Å²) in [5, 5.41) is 0. The van der Waals surface area contributed by atoms with Crippen LogP contribution in [-0.2, 0) is 4.79 Å². The Morgan fingerprint density at radius 1 is 0.947 bits per heavy atom. The molecule has 0 bridgehead atoms. The third-order valence-corrected chi connectivity index (χ3v) is 3.37. The smallest absolute Gasteiger partial charge is 0.331 e. The minimum Gasteiger partial charge on any atom is -0.425 e. The third-order valence-electron chi connectivity index (χ3n) is 3.37. The van der Waals surface area contributed by atoms with Crippen LogP contribution in [-0.4, -0.2) is 11.5 Å². The zero-order valence-electron chi connectivity index (χ0n) is 10.5. The first-order valence-electron chi connectivity index (χ1n) is 6.34. The topological polar surface area (TPSA) is 52.3 Å². The van der Waals surface area contributed by atoms with Crippen LogP contribution in [0.1, 0.15) is 12.8 Å². The maximum absolute atomic E-state index is 11.7. The molecule has 0 aliphatic heterocycles. The lowest BCUT2D eigenvalue weighted by molar-refractivity contribution is -0.136. The minimum atomic E-state index is -0.738. The molecule has 1 fully saturated rings. The molecule has 2 aromatic carbocycles. The fourth-order valence-corrected chi connectivity index (χ4v) is 1.89. The standard InChI is InChI=1S/C16H15NO2/c17-16(10-11-16)15(18)19-14-8-6-13(7-9-14)12-4-2-1-3-5-12/h1-9H,10-11,17H2. The highest BCUT2D eigenvalue weighted by atomic mass is 16.5. The van der Waals surface area contributed by atoms with E-state index < -0.39 is 5.54 Å². The summed E-state index contributed by atoms with van der Waals surface area (Å²) in [5.74, 6) is 0.210. The molecule has 3 nitrogen and oxygen atoms in total. The molecular formula is C16H15NO2. The summed E-state index contributed by atoms with van der Waals surface area (Å²) in [6.07, 6.45) is 1.43. The van der Waals surface area contributed by atoms with Gasteiger partial charge in [0.25, 0.3) is 0 Å². The molecule has 0 radical (unpaired) electrons. The molecule has 0 atom stereocenters. The first-order chi connectivity index (χ1) is 9.17. The van der Waals surface area contributed by atoms with Crippen LogP contribution in [0, 0.1) is 0 Å². The molecule has 1 aliphatic rings. The largest absolute Gasteiger partial charge is 0.425 e. The molecule has 0 saturated heterocycles. The Morgan fingerprint density at radius 2 is 1.53 bits per heavy atom. The highest BCUT2D eigenvalue weighted by Gasteiger charge is 2.47. The summed E-state index contributed by atoms with van der Waals surface area (Å²) in [6.45, 7) is 0. The van der Waals surface area contributed by atoms with Crippen LogP contribution in [0.25, 0.3) is 11.1 Å². The van der Waals surface area contributed by atoms with Crippen molar-refractivity contribution in [3.05, 3.63) is 54.6 Å². The van der Waals surface area contributed by atoms with E-state index >= 15 is 0 Å². The minimum absolute atomic E-state index is 0.333. The van der Waals surface area contributed by atoms with E-state index in [1.54, 1.807) is 12.1 Å². The fourth-order valence-electron chi connectivity index (χ4n) is 1.89. The molecule has 1 saturated carbocycles. The molecule has 0 amide bonds. The van der Waals surface area contributed by atoms with E-state index in [1.807, 2.05) is 42.5 Å². The molecule has 0 aromatic heterocycles. The van der Waals surface area contributed by atoms with Gasteiger partial charge in [0, 0.05) is 0 Å². The van der Waals surface area contributed by atoms with Crippen LogP contribution >= 0.6 is 0 Å².